The number of hydrogen-bond donors (Lipinski definition) is 0. The lowest BCUT2D eigenvalue weighted by Gasteiger charge is -2.02. The first kappa shape index (κ1) is 20.8. The number of sulfone groups is 1. The molecule has 0 saturated carbocycles. The molecule has 1 aromatic carbocycles. The molecule has 0 fully saturated rings. The number of benzene rings is 1. The third-order valence-corrected chi connectivity index (χ3v) is 6.94. The summed E-state index contributed by atoms with van der Waals surface area (Å²) < 4.78 is 26.0. The highest BCUT2D eigenvalue weighted by Crippen LogP contribution is 2.25. The van der Waals surface area contributed by atoms with Crippen molar-refractivity contribution in [2.75, 3.05) is 6.26 Å². The highest BCUT2D eigenvalue weighted by Gasteiger charge is 2.12. The van der Waals surface area contributed by atoms with Gasteiger partial charge in [0.15, 0.2) is 14.6 Å². The van der Waals surface area contributed by atoms with Crippen LogP contribution in [0.3, 0.4) is 0 Å². The summed E-state index contributed by atoms with van der Waals surface area (Å²) in [4.78, 5) is 27.8. The highest BCUT2D eigenvalue weighted by molar-refractivity contribution is 7.90. The average molecular weight is 450 g/mol. The molecule has 29 heavy (non-hydrogen) atoms. The van der Waals surface area contributed by atoms with E-state index in [0.29, 0.717) is 20.9 Å². The monoisotopic (exact) mass is 449 g/mol. The van der Waals surface area contributed by atoms with Crippen LogP contribution in [0.25, 0.3) is 16.3 Å². The first-order valence-corrected chi connectivity index (χ1v) is 11.7. The minimum absolute atomic E-state index is 0.0101. The Morgan fingerprint density at radius 1 is 1.31 bits per heavy atom. The summed E-state index contributed by atoms with van der Waals surface area (Å²) >= 11 is 2.15. The number of aromatic nitrogens is 1. The largest absolute Gasteiger partial charge is 0.324 e. The van der Waals surface area contributed by atoms with Gasteiger partial charge in [-0.1, -0.05) is 28.7 Å². The first-order valence-electron chi connectivity index (χ1n) is 8.14. The predicted octanol–water partition coefficient (Wildman–Crippen LogP) is 3.40. The highest BCUT2D eigenvalue weighted by atomic mass is 32.2. The van der Waals surface area contributed by atoms with E-state index in [9.17, 15) is 23.3 Å². The number of nitrogens with zero attached hydrogens (tertiary/aromatic N) is 3. The van der Waals surface area contributed by atoms with E-state index in [1.807, 2.05) is 0 Å². The number of amides is 1. The Morgan fingerprint density at radius 2 is 2.07 bits per heavy atom. The summed E-state index contributed by atoms with van der Waals surface area (Å²) in [6.07, 6.45) is 5.49. The molecule has 0 saturated heterocycles. The van der Waals surface area contributed by atoms with Gasteiger partial charge in [0, 0.05) is 29.8 Å². The second kappa shape index (κ2) is 8.23. The lowest BCUT2D eigenvalue weighted by Crippen LogP contribution is -2.15. The van der Waals surface area contributed by atoms with Gasteiger partial charge in [-0.05, 0) is 30.3 Å². The number of carbonyl (C=O) groups is 1. The van der Waals surface area contributed by atoms with Crippen molar-refractivity contribution in [1.29, 1.82) is 0 Å². The summed E-state index contributed by atoms with van der Waals surface area (Å²) in [5.41, 5.74) is 0.742. The molecular weight excluding hydrogens is 434 g/mol. The number of fused-ring (bicyclic) bond motifs is 1. The minimum Gasteiger partial charge on any atom is -0.312 e. The fraction of sp³-hybridized carbons (Fsp3) is 0.111. The van der Waals surface area contributed by atoms with E-state index >= 15 is 0 Å². The van der Waals surface area contributed by atoms with Crippen molar-refractivity contribution in [3.05, 3.63) is 68.9 Å². The Bertz CT molecular complexity index is 1330. The molecule has 0 atom stereocenters. The van der Waals surface area contributed by atoms with Gasteiger partial charge in [0.05, 0.1) is 20.0 Å². The van der Waals surface area contributed by atoms with E-state index in [-0.39, 0.29) is 9.90 Å². The fourth-order valence-corrected chi connectivity index (χ4v) is 5.02. The van der Waals surface area contributed by atoms with Crippen LogP contribution in [-0.2, 0) is 21.2 Å². The summed E-state index contributed by atoms with van der Waals surface area (Å²) in [7, 11) is -3.35. The molecule has 0 bridgehead atoms. The van der Waals surface area contributed by atoms with Crippen molar-refractivity contribution < 1.29 is 18.1 Å². The van der Waals surface area contributed by atoms with E-state index in [0.717, 1.165) is 23.1 Å². The lowest BCUT2D eigenvalue weighted by atomic mass is 10.3. The van der Waals surface area contributed by atoms with Gasteiger partial charge in [0.1, 0.15) is 0 Å². The van der Waals surface area contributed by atoms with Crippen LogP contribution in [0.1, 0.15) is 4.88 Å². The zero-order chi connectivity index (χ0) is 21.2. The van der Waals surface area contributed by atoms with Crippen LogP contribution in [0.5, 0.6) is 0 Å². The maximum atomic E-state index is 12.3. The Morgan fingerprint density at radius 3 is 2.69 bits per heavy atom. The van der Waals surface area contributed by atoms with Gasteiger partial charge < -0.3 is 4.57 Å². The van der Waals surface area contributed by atoms with Gasteiger partial charge >= 0.3 is 5.00 Å². The van der Waals surface area contributed by atoms with E-state index in [2.05, 4.69) is 11.6 Å². The summed E-state index contributed by atoms with van der Waals surface area (Å²) in [5, 5.41) is 10.7. The second-order valence-corrected chi connectivity index (χ2v) is 10.0. The third-order valence-electron chi connectivity index (χ3n) is 3.78. The maximum absolute atomic E-state index is 12.3. The standard InChI is InChI=1S/C18H15N3O5S3/c1-3-10-20-14-7-6-13(29(2,25)26)11-15(14)28-18(20)19-16(22)8-4-12-5-9-17(27-12)21(23)24/h3-9,11H,1,10H2,2H3/b8-4-,19-18?. The Hall–Kier alpha value is -2.89. The summed E-state index contributed by atoms with van der Waals surface area (Å²) in [6.45, 7) is 4.10. The molecule has 0 spiro atoms. The smallest absolute Gasteiger partial charge is 0.312 e. The second-order valence-electron chi connectivity index (χ2n) is 5.90. The lowest BCUT2D eigenvalue weighted by molar-refractivity contribution is -0.380. The molecule has 3 rings (SSSR count). The maximum Gasteiger partial charge on any atom is 0.324 e. The molecule has 8 nitrogen and oxygen atoms in total. The van der Waals surface area contributed by atoms with Crippen LogP contribution in [0, 0.1) is 10.1 Å². The quantitative estimate of drug-likeness (QED) is 0.248. The molecule has 2 heterocycles. The van der Waals surface area contributed by atoms with Crippen LogP contribution < -0.4 is 4.80 Å². The molecule has 1 amide bonds. The normalized spacial score (nSPS) is 12.7. The number of carbonyl (C=O) groups excluding carboxylic acids is 1. The Balaban J connectivity index is 1.99. The van der Waals surface area contributed by atoms with Gasteiger partial charge in [-0.3, -0.25) is 14.9 Å². The Labute approximate surface area is 173 Å². The molecule has 2 aromatic heterocycles. The molecule has 0 unspecified atom stereocenters. The van der Waals surface area contributed by atoms with E-state index in [1.165, 1.54) is 35.6 Å². The van der Waals surface area contributed by atoms with Gasteiger partial charge in [-0.2, -0.15) is 4.99 Å². The predicted molar refractivity (Wildman–Crippen MR) is 114 cm³/mol. The first-order chi connectivity index (χ1) is 13.7. The SMILES string of the molecule is C=CCn1c(=NC(=O)/C=C\c2ccc([N+](=O)[O-])s2)sc2cc(S(C)(=O)=O)ccc21. The zero-order valence-electron chi connectivity index (χ0n) is 15.1. The number of nitro groups is 1. The van der Waals surface area contributed by atoms with E-state index in [1.54, 1.807) is 28.8 Å². The topological polar surface area (TPSA) is 112 Å². The molecular formula is C18H15N3O5S3. The number of rotatable bonds is 6. The zero-order valence-corrected chi connectivity index (χ0v) is 17.6. The van der Waals surface area contributed by atoms with Crippen LogP contribution in [-0.4, -0.2) is 30.1 Å². The molecule has 3 aromatic rings. The number of allylic oxidation sites excluding steroid dienone is 1. The third kappa shape index (κ3) is 4.75. The van der Waals surface area contributed by atoms with Gasteiger partial charge in [-0.25, -0.2) is 8.42 Å². The van der Waals surface area contributed by atoms with Crippen molar-refractivity contribution in [3.8, 4) is 0 Å². The molecule has 0 aliphatic heterocycles. The molecule has 0 radical (unpaired) electrons. The Kier molecular flexibility index (Phi) is 5.91. The molecule has 0 aliphatic carbocycles. The molecule has 0 N–H and O–H groups in total. The van der Waals surface area contributed by atoms with Crippen LogP contribution >= 0.6 is 22.7 Å². The van der Waals surface area contributed by atoms with Crippen molar-refractivity contribution in [3.63, 3.8) is 0 Å². The van der Waals surface area contributed by atoms with Gasteiger partial charge in [-0.15, -0.1) is 6.58 Å². The number of hydrogen-bond acceptors (Lipinski definition) is 7. The van der Waals surface area contributed by atoms with E-state index in [4.69, 9.17) is 0 Å². The average Bonchev–Trinajstić information content (AvgIpc) is 3.24. The fourth-order valence-electron chi connectivity index (χ4n) is 2.49. The van der Waals surface area contributed by atoms with Crippen molar-refractivity contribution in [2.24, 2.45) is 4.99 Å². The number of thiophene rings is 1. The number of thiazole rings is 1. The summed E-state index contributed by atoms with van der Waals surface area (Å²) in [5.74, 6) is -0.534. The van der Waals surface area contributed by atoms with Crippen LogP contribution in [0.2, 0.25) is 0 Å². The molecule has 11 heteroatoms. The van der Waals surface area contributed by atoms with Crippen LogP contribution in [0.4, 0.5) is 5.00 Å². The van der Waals surface area contributed by atoms with Crippen LogP contribution in [0.15, 0.2) is 59.0 Å². The summed E-state index contributed by atoms with van der Waals surface area (Å²) in [6, 6.07) is 7.67. The van der Waals surface area contributed by atoms with Crippen molar-refractivity contribution in [1.82, 2.24) is 4.57 Å². The van der Waals surface area contributed by atoms with Gasteiger partial charge in [0.2, 0.25) is 0 Å². The van der Waals surface area contributed by atoms with Crippen molar-refractivity contribution in [2.45, 2.75) is 11.4 Å². The van der Waals surface area contributed by atoms with Crippen molar-refractivity contribution >= 4 is 59.7 Å². The molecule has 150 valence electrons. The van der Waals surface area contributed by atoms with E-state index < -0.39 is 20.7 Å². The molecule has 0 aliphatic rings. The minimum atomic E-state index is -3.35. The van der Waals surface area contributed by atoms with Gasteiger partial charge in [0.25, 0.3) is 5.91 Å².